The van der Waals surface area contributed by atoms with E-state index in [1.165, 1.54) is 17.2 Å². The van der Waals surface area contributed by atoms with Gasteiger partial charge in [-0.05, 0) is 32.1 Å². The molecule has 0 saturated heterocycles. The van der Waals surface area contributed by atoms with Gasteiger partial charge in [-0.3, -0.25) is 9.59 Å². The average molecular weight is 250 g/mol. The molecule has 2 amide bonds. The van der Waals surface area contributed by atoms with Crippen LogP contribution in [0.1, 0.15) is 19.6 Å². The van der Waals surface area contributed by atoms with Gasteiger partial charge < -0.3 is 14.6 Å². The third-order valence-corrected chi connectivity index (χ3v) is 2.14. The molecule has 0 aromatic carbocycles. The molecule has 1 heterocycles. The standard InChI is InChI=1S/C13H18N2O3/c1-10(2)14-12(16)9-15(3)13(17)7-6-11-5-4-8-18-11/h4-8,10H,9H2,1-3H3,(H,14,16)/b7-6+. The van der Waals surface area contributed by atoms with Crippen LogP contribution in [0.25, 0.3) is 6.08 Å². The van der Waals surface area contributed by atoms with Gasteiger partial charge in [-0.1, -0.05) is 0 Å². The Bertz CT molecular complexity index is 421. The molecule has 1 N–H and O–H groups in total. The Labute approximate surface area is 106 Å². The second kappa shape index (κ2) is 6.64. The van der Waals surface area contributed by atoms with Crippen molar-refractivity contribution in [2.75, 3.05) is 13.6 Å². The molecular weight excluding hydrogens is 232 g/mol. The summed E-state index contributed by atoms with van der Waals surface area (Å²) in [5.74, 6) is 0.181. The average Bonchev–Trinajstić information content (AvgIpc) is 2.77. The lowest BCUT2D eigenvalue weighted by molar-refractivity contribution is -0.131. The molecule has 1 aromatic rings. The number of carbonyl (C=O) groups excluding carboxylic acids is 2. The second-order valence-electron chi connectivity index (χ2n) is 4.27. The molecule has 0 radical (unpaired) electrons. The molecule has 0 unspecified atom stereocenters. The molecule has 18 heavy (non-hydrogen) atoms. The van der Waals surface area contributed by atoms with Crippen molar-refractivity contribution in [2.24, 2.45) is 0 Å². The quantitative estimate of drug-likeness (QED) is 0.801. The van der Waals surface area contributed by atoms with Gasteiger partial charge in [0.2, 0.25) is 11.8 Å². The lowest BCUT2D eigenvalue weighted by Gasteiger charge is -2.16. The molecule has 5 heteroatoms. The minimum Gasteiger partial charge on any atom is -0.465 e. The van der Waals surface area contributed by atoms with Gasteiger partial charge in [0.05, 0.1) is 12.8 Å². The van der Waals surface area contributed by atoms with E-state index in [-0.39, 0.29) is 24.4 Å². The largest absolute Gasteiger partial charge is 0.465 e. The summed E-state index contributed by atoms with van der Waals surface area (Å²) >= 11 is 0. The van der Waals surface area contributed by atoms with Gasteiger partial charge in [-0.15, -0.1) is 0 Å². The van der Waals surface area contributed by atoms with Crippen molar-refractivity contribution in [3.05, 3.63) is 30.2 Å². The fourth-order valence-electron chi connectivity index (χ4n) is 1.33. The van der Waals surface area contributed by atoms with E-state index in [4.69, 9.17) is 4.42 Å². The molecule has 0 aliphatic rings. The van der Waals surface area contributed by atoms with Gasteiger partial charge in [-0.25, -0.2) is 0 Å². The molecule has 1 aromatic heterocycles. The summed E-state index contributed by atoms with van der Waals surface area (Å²) in [4.78, 5) is 24.5. The van der Waals surface area contributed by atoms with Crippen LogP contribution in [0.2, 0.25) is 0 Å². The molecule has 0 atom stereocenters. The Morgan fingerprint density at radius 3 is 2.78 bits per heavy atom. The Balaban J connectivity index is 2.44. The van der Waals surface area contributed by atoms with Crippen molar-refractivity contribution in [3.63, 3.8) is 0 Å². The smallest absolute Gasteiger partial charge is 0.246 e. The van der Waals surface area contributed by atoms with Gasteiger partial charge in [0, 0.05) is 19.2 Å². The lowest BCUT2D eigenvalue weighted by atomic mass is 10.3. The maximum Gasteiger partial charge on any atom is 0.246 e. The van der Waals surface area contributed by atoms with Crippen LogP contribution in [0.15, 0.2) is 28.9 Å². The highest BCUT2D eigenvalue weighted by molar-refractivity contribution is 5.93. The molecule has 0 bridgehead atoms. The Morgan fingerprint density at radius 1 is 1.50 bits per heavy atom. The first-order valence-corrected chi connectivity index (χ1v) is 5.75. The highest BCUT2D eigenvalue weighted by atomic mass is 16.3. The molecule has 0 fully saturated rings. The molecule has 0 aliphatic heterocycles. The van der Waals surface area contributed by atoms with Crippen LogP contribution in [-0.2, 0) is 9.59 Å². The highest BCUT2D eigenvalue weighted by Crippen LogP contribution is 2.02. The van der Waals surface area contributed by atoms with E-state index >= 15 is 0 Å². The summed E-state index contributed by atoms with van der Waals surface area (Å²) in [6, 6.07) is 3.55. The molecule has 0 spiro atoms. The van der Waals surface area contributed by atoms with E-state index in [0.29, 0.717) is 5.76 Å². The highest BCUT2D eigenvalue weighted by Gasteiger charge is 2.10. The first-order valence-electron chi connectivity index (χ1n) is 5.75. The van der Waals surface area contributed by atoms with Crippen molar-refractivity contribution in [1.29, 1.82) is 0 Å². The van der Waals surface area contributed by atoms with Crippen LogP contribution < -0.4 is 5.32 Å². The molecule has 5 nitrogen and oxygen atoms in total. The summed E-state index contributed by atoms with van der Waals surface area (Å²) in [6.45, 7) is 3.78. The van der Waals surface area contributed by atoms with Crippen molar-refractivity contribution in [3.8, 4) is 0 Å². The number of carbonyl (C=O) groups is 2. The predicted molar refractivity (Wildman–Crippen MR) is 68.7 cm³/mol. The van der Waals surface area contributed by atoms with Gasteiger partial charge in [-0.2, -0.15) is 0 Å². The summed E-state index contributed by atoms with van der Waals surface area (Å²) in [5.41, 5.74) is 0. The fourth-order valence-corrected chi connectivity index (χ4v) is 1.33. The molecule has 0 aliphatic carbocycles. The molecular formula is C13H18N2O3. The normalized spacial score (nSPS) is 10.9. The van der Waals surface area contributed by atoms with Crippen LogP contribution >= 0.6 is 0 Å². The number of nitrogens with one attached hydrogen (secondary N) is 1. The number of hydrogen-bond acceptors (Lipinski definition) is 3. The summed E-state index contributed by atoms with van der Waals surface area (Å²) in [5, 5.41) is 2.72. The van der Waals surface area contributed by atoms with Crippen LogP contribution in [-0.4, -0.2) is 36.3 Å². The summed E-state index contributed by atoms with van der Waals surface area (Å²) in [6.07, 6.45) is 4.48. The van der Waals surface area contributed by atoms with Gasteiger partial charge in [0.1, 0.15) is 5.76 Å². The Hall–Kier alpha value is -2.04. The number of amides is 2. The molecule has 0 saturated carbocycles. The van der Waals surface area contributed by atoms with Crippen LogP contribution in [0.5, 0.6) is 0 Å². The fraction of sp³-hybridized carbons (Fsp3) is 0.385. The number of likely N-dealkylation sites (N-methyl/N-ethyl adjacent to an activating group) is 1. The van der Waals surface area contributed by atoms with E-state index in [0.717, 1.165) is 0 Å². The number of furan rings is 1. The zero-order valence-electron chi connectivity index (χ0n) is 10.8. The van der Waals surface area contributed by atoms with Crippen molar-refractivity contribution < 1.29 is 14.0 Å². The maximum atomic E-state index is 11.7. The van der Waals surface area contributed by atoms with Gasteiger partial charge >= 0.3 is 0 Å². The van der Waals surface area contributed by atoms with E-state index < -0.39 is 0 Å². The number of hydrogen-bond donors (Lipinski definition) is 1. The SMILES string of the molecule is CC(C)NC(=O)CN(C)C(=O)/C=C/c1ccco1. The molecule has 1 rings (SSSR count). The Morgan fingerprint density at radius 2 is 2.22 bits per heavy atom. The van der Waals surface area contributed by atoms with Crippen LogP contribution in [0.3, 0.4) is 0 Å². The van der Waals surface area contributed by atoms with Crippen molar-refractivity contribution in [1.82, 2.24) is 10.2 Å². The van der Waals surface area contributed by atoms with E-state index in [1.807, 2.05) is 13.8 Å². The molecule has 98 valence electrons. The van der Waals surface area contributed by atoms with Gasteiger partial charge in [0.25, 0.3) is 0 Å². The maximum absolute atomic E-state index is 11.7. The van der Waals surface area contributed by atoms with E-state index in [1.54, 1.807) is 25.3 Å². The topological polar surface area (TPSA) is 62.6 Å². The van der Waals surface area contributed by atoms with Crippen LogP contribution in [0.4, 0.5) is 0 Å². The van der Waals surface area contributed by atoms with Crippen LogP contribution in [0, 0.1) is 0 Å². The minimum atomic E-state index is -0.245. The van der Waals surface area contributed by atoms with E-state index in [2.05, 4.69) is 5.32 Å². The van der Waals surface area contributed by atoms with Crippen molar-refractivity contribution in [2.45, 2.75) is 19.9 Å². The first-order chi connectivity index (χ1) is 8.49. The number of nitrogens with zero attached hydrogens (tertiary/aromatic N) is 1. The minimum absolute atomic E-state index is 0.0412. The van der Waals surface area contributed by atoms with Crippen molar-refractivity contribution >= 4 is 17.9 Å². The lowest BCUT2D eigenvalue weighted by Crippen LogP contribution is -2.40. The summed E-state index contributed by atoms with van der Waals surface area (Å²) in [7, 11) is 1.58. The third kappa shape index (κ3) is 4.86. The number of rotatable bonds is 5. The third-order valence-electron chi connectivity index (χ3n) is 2.14. The Kier molecular flexibility index (Phi) is 5.17. The zero-order chi connectivity index (χ0) is 13.5. The first kappa shape index (κ1) is 14.0. The van der Waals surface area contributed by atoms with E-state index in [9.17, 15) is 9.59 Å². The monoisotopic (exact) mass is 250 g/mol. The summed E-state index contributed by atoms with van der Waals surface area (Å²) < 4.78 is 5.06. The van der Waals surface area contributed by atoms with Gasteiger partial charge in [0.15, 0.2) is 0 Å². The predicted octanol–water partition coefficient (Wildman–Crippen LogP) is 1.28. The zero-order valence-corrected chi connectivity index (χ0v) is 10.8. The second-order valence-corrected chi connectivity index (χ2v) is 4.27.